The van der Waals surface area contributed by atoms with Crippen LogP contribution >= 0.6 is 0 Å². The van der Waals surface area contributed by atoms with Gasteiger partial charge >= 0.3 is 5.97 Å². The Morgan fingerprint density at radius 1 is 1.17 bits per heavy atom. The number of ether oxygens (including phenoxy) is 1. The highest BCUT2D eigenvalue weighted by atomic mass is 19.1. The zero-order valence-corrected chi connectivity index (χ0v) is 20.2. The van der Waals surface area contributed by atoms with Gasteiger partial charge < -0.3 is 14.4 Å². The van der Waals surface area contributed by atoms with E-state index in [0.717, 1.165) is 42.8 Å². The van der Waals surface area contributed by atoms with E-state index in [2.05, 4.69) is 21.0 Å². The van der Waals surface area contributed by atoms with E-state index in [4.69, 9.17) is 4.74 Å². The lowest BCUT2D eigenvalue weighted by atomic mass is 9.86. The second kappa shape index (κ2) is 9.89. The Morgan fingerprint density at radius 3 is 2.78 bits per heavy atom. The van der Waals surface area contributed by atoms with Gasteiger partial charge in [-0.3, -0.25) is 0 Å². The van der Waals surface area contributed by atoms with Gasteiger partial charge in [-0.2, -0.15) is 0 Å². The first-order chi connectivity index (χ1) is 17.4. The van der Waals surface area contributed by atoms with Gasteiger partial charge in [0.2, 0.25) is 5.88 Å². The average Bonchev–Trinajstić information content (AvgIpc) is 3.18. The minimum atomic E-state index is -1.05. The summed E-state index contributed by atoms with van der Waals surface area (Å²) in [7, 11) is 1.88. The maximum Gasteiger partial charge on any atom is 0.354 e. The summed E-state index contributed by atoms with van der Waals surface area (Å²) in [5.41, 5.74) is 4.74. The minimum Gasteiger partial charge on any atom is -0.477 e. The number of fused-ring (bicyclic) bond motifs is 1. The number of halogens is 1. The van der Waals surface area contributed by atoms with Crippen LogP contribution in [0.1, 0.15) is 52.4 Å². The standard InChI is InChI=1S/C28H27FN4O3/c1-17-6-9-20(21(29)14-17)16-36-26-5-3-4-22(31-26)19-10-7-18(8-11-19)15-25-30-23-12-13-24(28(34)35)32-27(23)33(25)2/h3-6,9-10,12-14,18H,7-8,11,15-16H2,1-2H3,(H,34,35). The van der Waals surface area contributed by atoms with Gasteiger partial charge in [0.15, 0.2) is 11.3 Å². The molecule has 1 atom stereocenters. The highest BCUT2D eigenvalue weighted by Gasteiger charge is 2.20. The molecule has 4 aromatic rings. The molecule has 1 aliphatic carbocycles. The SMILES string of the molecule is Cc1ccc(COc2cccc(C3=CCC(Cc4nc5ccc(C(=O)O)nc5n4C)CC3)n2)c(F)c1. The van der Waals surface area contributed by atoms with Crippen LogP contribution in [0, 0.1) is 18.7 Å². The first kappa shape index (κ1) is 23.7. The van der Waals surface area contributed by atoms with Crippen LogP contribution in [0.15, 0.2) is 54.6 Å². The highest BCUT2D eigenvalue weighted by molar-refractivity contribution is 5.88. The number of hydrogen-bond acceptors (Lipinski definition) is 5. The number of aromatic nitrogens is 4. The third-order valence-electron chi connectivity index (χ3n) is 6.66. The molecule has 1 unspecified atom stereocenters. The van der Waals surface area contributed by atoms with Gasteiger partial charge in [0, 0.05) is 25.1 Å². The minimum absolute atomic E-state index is 0.0185. The number of benzene rings is 1. The van der Waals surface area contributed by atoms with Crippen molar-refractivity contribution < 1.29 is 19.0 Å². The second-order valence-electron chi connectivity index (χ2n) is 9.25. The normalized spacial score (nSPS) is 15.6. The fourth-order valence-corrected chi connectivity index (χ4v) is 4.57. The van der Waals surface area contributed by atoms with Gasteiger partial charge in [-0.25, -0.2) is 24.1 Å². The Balaban J connectivity index is 1.24. The number of rotatable bonds is 7. The number of allylic oxidation sites excluding steroid dienone is 2. The van der Waals surface area contributed by atoms with E-state index in [-0.39, 0.29) is 18.1 Å². The van der Waals surface area contributed by atoms with Crippen LogP contribution in [0.2, 0.25) is 0 Å². The van der Waals surface area contributed by atoms with Gasteiger partial charge in [-0.05, 0) is 67.5 Å². The molecular weight excluding hydrogens is 459 g/mol. The number of imidazole rings is 1. The molecule has 0 aliphatic heterocycles. The molecule has 5 rings (SSSR count). The number of nitrogens with zero attached hydrogens (tertiary/aromatic N) is 4. The van der Waals surface area contributed by atoms with E-state index in [1.54, 1.807) is 18.2 Å². The van der Waals surface area contributed by atoms with Gasteiger partial charge in [0.05, 0.1) is 5.69 Å². The second-order valence-corrected chi connectivity index (χ2v) is 9.25. The first-order valence-electron chi connectivity index (χ1n) is 12.0. The van der Waals surface area contributed by atoms with Crippen molar-refractivity contribution in [3.63, 3.8) is 0 Å². The number of aromatic carboxylic acids is 1. The summed E-state index contributed by atoms with van der Waals surface area (Å²) in [5.74, 6) is 0.482. The third kappa shape index (κ3) is 4.98. The molecule has 0 spiro atoms. The van der Waals surface area contributed by atoms with Gasteiger partial charge in [0.1, 0.15) is 23.8 Å². The van der Waals surface area contributed by atoms with Crippen molar-refractivity contribution >= 4 is 22.7 Å². The largest absolute Gasteiger partial charge is 0.477 e. The molecule has 0 radical (unpaired) electrons. The Hall–Kier alpha value is -4.07. The Labute approximate surface area is 208 Å². The van der Waals surface area contributed by atoms with Crippen molar-refractivity contribution in [1.29, 1.82) is 0 Å². The third-order valence-corrected chi connectivity index (χ3v) is 6.66. The van der Waals surface area contributed by atoms with E-state index in [1.165, 1.54) is 17.7 Å². The molecule has 0 saturated heterocycles. The molecule has 0 amide bonds. The first-order valence-corrected chi connectivity index (χ1v) is 12.0. The summed E-state index contributed by atoms with van der Waals surface area (Å²) in [5, 5.41) is 9.21. The lowest BCUT2D eigenvalue weighted by molar-refractivity contribution is 0.0691. The zero-order chi connectivity index (χ0) is 25.2. The van der Waals surface area contributed by atoms with Crippen molar-refractivity contribution in [2.75, 3.05) is 0 Å². The van der Waals surface area contributed by atoms with E-state index in [9.17, 15) is 14.3 Å². The van der Waals surface area contributed by atoms with Crippen molar-refractivity contribution in [2.24, 2.45) is 13.0 Å². The van der Waals surface area contributed by atoms with E-state index < -0.39 is 5.97 Å². The van der Waals surface area contributed by atoms with Gasteiger partial charge in [-0.1, -0.05) is 24.3 Å². The summed E-state index contributed by atoms with van der Waals surface area (Å²) in [6, 6.07) is 14.0. The maximum atomic E-state index is 14.1. The molecule has 3 heterocycles. The summed E-state index contributed by atoms with van der Waals surface area (Å²) in [4.78, 5) is 24.8. The van der Waals surface area contributed by atoms with Crippen molar-refractivity contribution in [3.8, 4) is 5.88 Å². The summed E-state index contributed by atoms with van der Waals surface area (Å²) in [6.45, 7) is 1.98. The molecule has 1 aliphatic rings. The van der Waals surface area contributed by atoms with E-state index >= 15 is 0 Å². The number of pyridine rings is 2. The predicted molar refractivity (Wildman–Crippen MR) is 134 cm³/mol. The Morgan fingerprint density at radius 2 is 2.03 bits per heavy atom. The monoisotopic (exact) mass is 486 g/mol. The van der Waals surface area contributed by atoms with Crippen LogP contribution in [0.3, 0.4) is 0 Å². The summed E-state index contributed by atoms with van der Waals surface area (Å²) >= 11 is 0. The molecule has 1 N–H and O–H groups in total. The van der Waals surface area contributed by atoms with Crippen molar-refractivity contribution in [3.05, 3.63) is 88.8 Å². The van der Waals surface area contributed by atoms with Gasteiger partial charge in [-0.15, -0.1) is 0 Å². The fraction of sp³-hybridized carbons (Fsp3) is 0.286. The number of carboxylic acids is 1. The Kier molecular flexibility index (Phi) is 6.50. The van der Waals surface area contributed by atoms with Crippen LogP contribution in [-0.4, -0.2) is 30.6 Å². The number of carbonyl (C=O) groups is 1. The molecule has 0 bridgehead atoms. The van der Waals surface area contributed by atoms with E-state index in [0.29, 0.717) is 28.5 Å². The number of hydrogen-bond donors (Lipinski definition) is 1. The molecule has 1 aromatic carbocycles. The van der Waals surface area contributed by atoms with Crippen molar-refractivity contribution in [2.45, 2.75) is 39.2 Å². The lowest BCUT2D eigenvalue weighted by Crippen LogP contribution is -2.12. The van der Waals surface area contributed by atoms with Crippen LogP contribution in [0.25, 0.3) is 16.7 Å². The summed E-state index contributed by atoms with van der Waals surface area (Å²) in [6.07, 6.45) is 5.79. The smallest absolute Gasteiger partial charge is 0.354 e. The highest BCUT2D eigenvalue weighted by Crippen LogP contribution is 2.32. The Bertz CT molecular complexity index is 1480. The van der Waals surface area contributed by atoms with Crippen LogP contribution in [0.4, 0.5) is 4.39 Å². The van der Waals surface area contributed by atoms with Crippen LogP contribution in [-0.2, 0) is 20.1 Å². The molecule has 3 aromatic heterocycles. The zero-order valence-electron chi connectivity index (χ0n) is 20.2. The van der Waals surface area contributed by atoms with E-state index in [1.807, 2.05) is 36.7 Å². The lowest BCUT2D eigenvalue weighted by Gasteiger charge is -2.21. The number of aryl methyl sites for hydroxylation is 2. The average molecular weight is 487 g/mol. The van der Waals surface area contributed by atoms with Crippen LogP contribution < -0.4 is 4.74 Å². The maximum absolute atomic E-state index is 14.1. The van der Waals surface area contributed by atoms with Gasteiger partial charge in [0.25, 0.3) is 0 Å². The quantitative estimate of drug-likeness (QED) is 0.370. The fourth-order valence-electron chi connectivity index (χ4n) is 4.57. The predicted octanol–water partition coefficient (Wildman–Crippen LogP) is 5.51. The molecule has 36 heavy (non-hydrogen) atoms. The van der Waals surface area contributed by atoms with Crippen LogP contribution in [0.5, 0.6) is 5.88 Å². The molecular formula is C28H27FN4O3. The van der Waals surface area contributed by atoms with Crippen molar-refractivity contribution in [1.82, 2.24) is 19.5 Å². The molecule has 8 heteroatoms. The molecule has 0 fully saturated rings. The molecule has 7 nitrogen and oxygen atoms in total. The number of carboxylic acid groups (broad SMARTS) is 1. The topological polar surface area (TPSA) is 90.1 Å². The molecule has 0 saturated carbocycles. The molecule has 184 valence electrons. The summed E-state index contributed by atoms with van der Waals surface area (Å²) < 4.78 is 21.8.